The van der Waals surface area contributed by atoms with Crippen molar-refractivity contribution in [3.05, 3.63) is 59.0 Å². The number of furan rings is 1. The Bertz CT molecular complexity index is 707. The van der Waals surface area contributed by atoms with E-state index in [4.69, 9.17) is 10.2 Å². The zero-order chi connectivity index (χ0) is 15.5. The third-order valence-electron chi connectivity index (χ3n) is 3.41. The van der Waals surface area contributed by atoms with Gasteiger partial charge in [-0.15, -0.1) is 0 Å². The molecule has 1 heterocycles. The maximum atomic E-state index is 12.4. The second-order valence-corrected chi connectivity index (χ2v) is 7.11. The molecule has 0 atom stereocenters. The molecular weight excluding hydrogens is 288 g/mol. The van der Waals surface area contributed by atoms with Crippen molar-refractivity contribution in [2.45, 2.75) is 25.8 Å². The van der Waals surface area contributed by atoms with E-state index in [0.717, 1.165) is 22.5 Å². The summed E-state index contributed by atoms with van der Waals surface area (Å²) in [6.07, 6.45) is 1.57. The van der Waals surface area contributed by atoms with E-state index in [0.29, 0.717) is 13.1 Å². The predicted molar refractivity (Wildman–Crippen MR) is 81.9 cm³/mol. The molecule has 0 fully saturated rings. The van der Waals surface area contributed by atoms with Crippen molar-refractivity contribution in [1.29, 1.82) is 0 Å². The summed E-state index contributed by atoms with van der Waals surface area (Å²) in [5, 5.41) is 0. The molecule has 1 aromatic heterocycles. The number of nitrogens with two attached hydrogens (primary N) is 1. The second-order valence-electron chi connectivity index (χ2n) is 5.04. The highest BCUT2D eigenvalue weighted by molar-refractivity contribution is 7.88. The van der Waals surface area contributed by atoms with Gasteiger partial charge in [-0.2, -0.15) is 0 Å². The molecule has 0 radical (unpaired) electrons. The van der Waals surface area contributed by atoms with Crippen molar-refractivity contribution in [1.82, 2.24) is 4.31 Å². The number of hydrogen-bond acceptors (Lipinski definition) is 4. The first-order valence-electron chi connectivity index (χ1n) is 6.67. The molecule has 0 aliphatic carbocycles. The van der Waals surface area contributed by atoms with Gasteiger partial charge in [0.1, 0.15) is 5.76 Å². The molecular formula is C15H20N2O3S. The fourth-order valence-corrected chi connectivity index (χ4v) is 3.24. The first-order chi connectivity index (χ1) is 9.92. The third-order valence-corrected chi connectivity index (χ3v) is 5.19. The van der Waals surface area contributed by atoms with Crippen molar-refractivity contribution < 1.29 is 12.8 Å². The van der Waals surface area contributed by atoms with Crippen LogP contribution in [0.5, 0.6) is 0 Å². The van der Waals surface area contributed by atoms with Crippen LogP contribution in [0.15, 0.2) is 41.0 Å². The summed E-state index contributed by atoms with van der Waals surface area (Å²) < 4.78 is 31.3. The van der Waals surface area contributed by atoms with Gasteiger partial charge in [0.2, 0.25) is 10.0 Å². The summed E-state index contributed by atoms with van der Waals surface area (Å²) in [4.78, 5) is 0. The highest BCUT2D eigenvalue weighted by Crippen LogP contribution is 2.16. The van der Waals surface area contributed by atoms with E-state index in [1.807, 2.05) is 25.1 Å². The van der Waals surface area contributed by atoms with E-state index >= 15 is 0 Å². The van der Waals surface area contributed by atoms with Crippen LogP contribution in [0.4, 0.5) is 0 Å². The number of benzene rings is 1. The molecule has 0 amide bonds. The SMILES string of the molecule is Cc1occc1CN(C)S(=O)(=O)Cc1cccc(CN)c1. The Kier molecular flexibility index (Phi) is 4.82. The fraction of sp³-hybridized carbons (Fsp3) is 0.333. The molecule has 1 aromatic carbocycles. The lowest BCUT2D eigenvalue weighted by Gasteiger charge is -2.17. The van der Waals surface area contributed by atoms with Gasteiger partial charge in [0.15, 0.2) is 0 Å². The summed E-state index contributed by atoms with van der Waals surface area (Å²) in [6, 6.07) is 9.13. The molecule has 5 nitrogen and oxygen atoms in total. The number of sulfonamides is 1. The lowest BCUT2D eigenvalue weighted by atomic mass is 10.1. The maximum Gasteiger partial charge on any atom is 0.218 e. The van der Waals surface area contributed by atoms with Gasteiger partial charge in [-0.3, -0.25) is 0 Å². The average Bonchev–Trinajstić information content (AvgIpc) is 2.84. The number of rotatable bonds is 6. The summed E-state index contributed by atoms with van der Waals surface area (Å²) in [5.74, 6) is 0.705. The lowest BCUT2D eigenvalue weighted by molar-refractivity contribution is 0.458. The molecule has 2 N–H and O–H groups in total. The number of nitrogens with zero attached hydrogens (tertiary/aromatic N) is 1. The van der Waals surface area contributed by atoms with Gasteiger partial charge in [-0.1, -0.05) is 24.3 Å². The van der Waals surface area contributed by atoms with Gasteiger partial charge in [-0.05, 0) is 24.1 Å². The summed E-state index contributed by atoms with van der Waals surface area (Å²) in [6.45, 7) is 2.53. The lowest BCUT2D eigenvalue weighted by Crippen LogP contribution is -2.27. The van der Waals surface area contributed by atoms with Gasteiger partial charge in [0.05, 0.1) is 12.0 Å². The normalized spacial score (nSPS) is 12.0. The van der Waals surface area contributed by atoms with Crippen molar-refractivity contribution >= 4 is 10.0 Å². The monoisotopic (exact) mass is 308 g/mol. The smallest absolute Gasteiger partial charge is 0.218 e. The standard InChI is InChI=1S/C15H20N2O3S/c1-12-15(6-7-20-12)10-17(2)21(18,19)11-14-5-3-4-13(8-14)9-16/h3-8H,9-11,16H2,1-2H3. The van der Waals surface area contributed by atoms with Crippen LogP contribution in [0.25, 0.3) is 0 Å². The van der Waals surface area contributed by atoms with Gasteiger partial charge in [-0.25, -0.2) is 12.7 Å². The van der Waals surface area contributed by atoms with Gasteiger partial charge in [0, 0.05) is 25.7 Å². The van der Waals surface area contributed by atoms with Crippen LogP contribution in [0.1, 0.15) is 22.5 Å². The van der Waals surface area contributed by atoms with E-state index in [-0.39, 0.29) is 5.75 Å². The Labute approximate surface area is 125 Å². The predicted octanol–water partition coefficient (Wildman–Crippen LogP) is 2.01. The molecule has 0 aliphatic rings. The van der Waals surface area contributed by atoms with Gasteiger partial charge < -0.3 is 10.2 Å². The molecule has 21 heavy (non-hydrogen) atoms. The highest BCUT2D eigenvalue weighted by atomic mass is 32.2. The number of aryl methyl sites for hydroxylation is 1. The quantitative estimate of drug-likeness (QED) is 0.885. The first-order valence-corrected chi connectivity index (χ1v) is 8.28. The van der Waals surface area contributed by atoms with Crippen molar-refractivity contribution in [3.63, 3.8) is 0 Å². The first kappa shape index (κ1) is 15.8. The maximum absolute atomic E-state index is 12.4. The zero-order valence-corrected chi connectivity index (χ0v) is 13.1. The van der Waals surface area contributed by atoms with E-state index in [2.05, 4.69) is 0 Å². The van der Waals surface area contributed by atoms with Crippen LogP contribution in [-0.4, -0.2) is 19.8 Å². The van der Waals surface area contributed by atoms with E-state index in [1.54, 1.807) is 25.4 Å². The molecule has 0 unspecified atom stereocenters. The Morgan fingerprint density at radius 3 is 2.57 bits per heavy atom. The fourth-order valence-electron chi connectivity index (χ4n) is 2.08. The highest BCUT2D eigenvalue weighted by Gasteiger charge is 2.20. The molecule has 0 saturated carbocycles. The average molecular weight is 308 g/mol. The molecule has 0 spiro atoms. The third kappa shape index (κ3) is 3.93. The van der Waals surface area contributed by atoms with E-state index in [9.17, 15) is 8.42 Å². The molecule has 0 saturated heterocycles. The Morgan fingerprint density at radius 2 is 1.95 bits per heavy atom. The van der Waals surface area contributed by atoms with Crippen LogP contribution in [-0.2, 0) is 28.9 Å². The van der Waals surface area contributed by atoms with Crippen molar-refractivity contribution in [3.8, 4) is 0 Å². The van der Waals surface area contributed by atoms with E-state index < -0.39 is 10.0 Å². The van der Waals surface area contributed by atoms with Crippen LogP contribution in [0, 0.1) is 6.92 Å². The molecule has 0 aliphatic heterocycles. The largest absolute Gasteiger partial charge is 0.469 e. The molecule has 2 aromatic rings. The topological polar surface area (TPSA) is 76.5 Å². The minimum absolute atomic E-state index is 0.0335. The Morgan fingerprint density at radius 1 is 1.24 bits per heavy atom. The zero-order valence-electron chi connectivity index (χ0n) is 12.2. The Balaban J connectivity index is 2.12. The van der Waals surface area contributed by atoms with Crippen LogP contribution >= 0.6 is 0 Å². The Hall–Kier alpha value is -1.63. The summed E-state index contributed by atoms with van der Waals surface area (Å²) in [7, 11) is -1.80. The van der Waals surface area contributed by atoms with Crippen LogP contribution < -0.4 is 5.73 Å². The summed E-state index contributed by atoms with van der Waals surface area (Å²) in [5.41, 5.74) is 8.12. The van der Waals surface area contributed by atoms with Crippen LogP contribution in [0.2, 0.25) is 0 Å². The van der Waals surface area contributed by atoms with Gasteiger partial charge in [0.25, 0.3) is 0 Å². The molecule has 114 valence electrons. The number of hydrogen-bond donors (Lipinski definition) is 1. The molecule has 2 rings (SSSR count). The minimum Gasteiger partial charge on any atom is -0.469 e. The summed E-state index contributed by atoms with van der Waals surface area (Å²) >= 11 is 0. The van der Waals surface area contributed by atoms with Crippen molar-refractivity contribution in [2.75, 3.05) is 7.05 Å². The van der Waals surface area contributed by atoms with E-state index in [1.165, 1.54) is 4.31 Å². The second kappa shape index (κ2) is 6.43. The van der Waals surface area contributed by atoms with Gasteiger partial charge >= 0.3 is 0 Å². The molecule has 0 bridgehead atoms. The van der Waals surface area contributed by atoms with Crippen molar-refractivity contribution in [2.24, 2.45) is 5.73 Å². The minimum atomic E-state index is -3.38. The molecule has 6 heteroatoms. The van der Waals surface area contributed by atoms with Crippen LogP contribution in [0.3, 0.4) is 0 Å².